The van der Waals surface area contributed by atoms with Crippen LogP contribution in [0.15, 0.2) is 34.9 Å². The minimum atomic E-state index is -0.172. The van der Waals surface area contributed by atoms with Crippen molar-refractivity contribution in [1.29, 1.82) is 0 Å². The van der Waals surface area contributed by atoms with E-state index in [1.807, 2.05) is 19.1 Å². The second-order valence-electron chi connectivity index (χ2n) is 6.71. The van der Waals surface area contributed by atoms with Gasteiger partial charge in [-0.3, -0.25) is 9.80 Å². The van der Waals surface area contributed by atoms with Crippen LogP contribution in [0.5, 0.6) is 0 Å². The highest BCUT2D eigenvalue weighted by Gasteiger charge is 2.33. The summed E-state index contributed by atoms with van der Waals surface area (Å²) in [5, 5.41) is 0. The van der Waals surface area contributed by atoms with Gasteiger partial charge in [0.25, 0.3) is 0 Å². The van der Waals surface area contributed by atoms with E-state index in [1.54, 1.807) is 6.26 Å². The fourth-order valence-electron chi connectivity index (χ4n) is 3.61. The van der Waals surface area contributed by atoms with Gasteiger partial charge in [-0.15, -0.1) is 0 Å². The number of hydrogen-bond donors (Lipinski definition) is 0. The van der Waals surface area contributed by atoms with Crippen molar-refractivity contribution in [3.05, 3.63) is 47.9 Å². The number of oxazole rings is 1. The maximum Gasteiger partial charge on any atom is 0.191 e. The maximum atomic E-state index is 13.0. The van der Waals surface area contributed by atoms with Gasteiger partial charge < -0.3 is 9.32 Å². The average molecular weight is 330 g/mol. The molecular weight excluding hydrogens is 307 g/mol. The lowest BCUT2D eigenvalue weighted by Crippen LogP contribution is -2.62. The number of hydrogen-bond acceptors (Lipinski definition) is 5. The van der Waals surface area contributed by atoms with Crippen molar-refractivity contribution in [3.8, 4) is 0 Å². The Morgan fingerprint density at radius 2 is 1.83 bits per heavy atom. The highest BCUT2D eigenvalue weighted by Crippen LogP contribution is 2.22. The van der Waals surface area contributed by atoms with E-state index in [-0.39, 0.29) is 5.82 Å². The summed E-state index contributed by atoms with van der Waals surface area (Å²) in [7, 11) is 0. The van der Waals surface area contributed by atoms with Crippen LogP contribution >= 0.6 is 0 Å². The third kappa shape index (κ3) is 3.30. The van der Waals surface area contributed by atoms with Crippen LogP contribution in [0.25, 0.3) is 0 Å². The topological polar surface area (TPSA) is 35.8 Å². The largest absolute Gasteiger partial charge is 0.449 e. The van der Waals surface area contributed by atoms with Crippen molar-refractivity contribution >= 4 is 5.69 Å². The number of rotatable bonds is 4. The highest BCUT2D eigenvalue weighted by atomic mass is 19.1. The number of piperazine rings is 1. The number of aromatic nitrogens is 1. The van der Waals surface area contributed by atoms with Gasteiger partial charge in [0.15, 0.2) is 5.89 Å². The zero-order valence-corrected chi connectivity index (χ0v) is 14.0. The summed E-state index contributed by atoms with van der Waals surface area (Å²) in [6.07, 6.45) is 1.75. The molecule has 0 N–H and O–H groups in total. The van der Waals surface area contributed by atoms with Gasteiger partial charge in [0.2, 0.25) is 0 Å². The van der Waals surface area contributed by atoms with E-state index < -0.39 is 0 Å². The lowest BCUT2D eigenvalue weighted by Gasteiger charge is -2.48. The number of benzene rings is 1. The van der Waals surface area contributed by atoms with Crippen molar-refractivity contribution in [2.75, 3.05) is 44.2 Å². The molecular formula is C18H23FN4O. The van der Waals surface area contributed by atoms with Crippen LogP contribution in [0, 0.1) is 12.7 Å². The van der Waals surface area contributed by atoms with Gasteiger partial charge in [0.1, 0.15) is 12.1 Å². The Morgan fingerprint density at radius 3 is 2.46 bits per heavy atom. The summed E-state index contributed by atoms with van der Waals surface area (Å²) in [5.41, 5.74) is 2.14. The van der Waals surface area contributed by atoms with E-state index in [1.165, 1.54) is 12.1 Å². The minimum Gasteiger partial charge on any atom is -0.449 e. The molecule has 1 aromatic heterocycles. The fraction of sp³-hybridized carbons (Fsp3) is 0.500. The predicted octanol–water partition coefficient (Wildman–Crippen LogP) is 2.13. The zero-order chi connectivity index (χ0) is 16.5. The SMILES string of the molecule is Cc1nc(CN2CC(N3CCN(c4ccc(F)cc4)CC3)C2)co1. The number of aryl methyl sites for hydroxylation is 1. The van der Waals surface area contributed by atoms with Gasteiger partial charge in [-0.1, -0.05) is 0 Å². The summed E-state index contributed by atoms with van der Waals surface area (Å²) in [5.74, 6) is 0.563. The summed E-state index contributed by atoms with van der Waals surface area (Å²) in [6, 6.07) is 7.47. The van der Waals surface area contributed by atoms with E-state index >= 15 is 0 Å². The van der Waals surface area contributed by atoms with E-state index in [0.29, 0.717) is 6.04 Å². The molecule has 0 atom stereocenters. The Kier molecular flexibility index (Phi) is 4.24. The Morgan fingerprint density at radius 1 is 1.12 bits per heavy atom. The van der Waals surface area contributed by atoms with Crippen molar-refractivity contribution in [3.63, 3.8) is 0 Å². The normalized spacial score (nSPS) is 20.3. The molecule has 0 amide bonds. The van der Waals surface area contributed by atoms with Crippen LogP contribution in [0.4, 0.5) is 10.1 Å². The fourth-order valence-corrected chi connectivity index (χ4v) is 3.61. The van der Waals surface area contributed by atoms with Crippen LogP contribution in [-0.4, -0.2) is 60.1 Å². The summed E-state index contributed by atoms with van der Waals surface area (Å²) < 4.78 is 18.3. The molecule has 2 aliphatic heterocycles. The summed E-state index contributed by atoms with van der Waals surface area (Å²) in [6.45, 7) is 9.10. The smallest absolute Gasteiger partial charge is 0.191 e. The second-order valence-corrected chi connectivity index (χ2v) is 6.71. The Bertz CT molecular complexity index is 673. The molecule has 2 saturated heterocycles. The average Bonchev–Trinajstić information content (AvgIpc) is 2.97. The van der Waals surface area contributed by atoms with Crippen molar-refractivity contribution in [2.24, 2.45) is 0 Å². The van der Waals surface area contributed by atoms with Gasteiger partial charge in [-0.25, -0.2) is 9.37 Å². The molecule has 0 bridgehead atoms. The monoisotopic (exact) mass is 330 g/mol. The number of anilines is 1. The first-order valence-corrected chi connectivity index (χ1v) is 8.55. The van der Waals surface area contributed by atoms with Gasteiger partial charge in [-0.2, -0.15) is 0 Å². The first kappa shape index (κ1) is 15.6. The Hall–Kier alpha value is -1.92. The number of halogens is 1. The molecule has 6 heteroatoms. The number of nitrogens with zero attached hydrogens (tertiary/aromatic N) is 4. The highest BCUT2D eigenvalue weighted by molar-refractivity contribution is 5.46. The van der Waals surface area contributed by atoms with Crippen molar-refractivity contribution < 1.29 is 8.81 Å². The molecule has 3 heterocycles. The van der Waals surface area contributed by atoms with E-state index in [9.17, 15) is 4.39 Å². The predicted molar refractivity (Wildman–Crippen MR) is 90.5 cm³/mol. The third-order valence-corrected chi connectivity index (χ3v) is 5.01. The van der Waals surface area contributed by atoms with Gasteiger partial charge >= 0.3 is 0 Å². The molecule has 0 spiro atoms. The van der Waals surface area contributed by atoms with E-state index in [4.69, 9.17) is 4.42 Å². The van der Waals surface area contributed by atoms with Gasteiger partial charge in [0, 0.05) is 64.5 Å². The quantitative estimate of drug-likeness (QED) is 0.858. The van der Waals surface area contributed by atoms with E-state index in [2.05, 4.69) is 19.7 Å². The first-order chi connectivity index (χ1) is 11.7. The second kappa shape index (κ2) is 6.53. The Balaban J connectivity index is 1.23. The third-order valence-electron chi connectivity index (χ3n) is 5.01. The van der Waals surface area contributed by atoms with Crippen molar-refractivity contribution in [2.45, 2.75) is 19.5 Å². The Labute approximate surface area is 141 Å². The lowest BCUT2D eigenvalue weighted by atomic mass is 10.1. The molecule has 0 saturated carbocycles. The molecule has 5 nitrogen and oxygen atoms in total. The molecule has 128 valence electrons. The molecule has 0 unspecified atom stereocenters. The molecule has 2 aromatic rings. The van der Waals surface area contributed by atoms with Crippen LogP contribution in [0.1, 0.15) is 11.6 Å². The molecule has 24 heavy (non-hydrogen) atoms. The van der Waals surface area contributed by atoms with Crippen LogP contribution in [-0.2, 0) is 6.54 Å². The lowest BCUT2D eigenvalue weighted by molar-refractivity contribution is 0.0249. The molecule has 0 radical (unpaired) electrons. The summed E-state index contributed by atoms with van der Waals surface area (Å²) in [4.78, 5) is 11.7. The standard InChI is InChI=1S/C18H23FN4O/c1-14-20-16(13-24-14)10-21-11-18(12-21)23-8-6-22(7-9-23)17-4-2-15(19)3-5-17/h2-5,13,18H,6-12H2,1H3. The van der Waals surface area contributed by atoms with Crippen molar-refractivity contribution in [1.82, 2.24) is 14.8 Å². The van der Waals surface area contributed by atoms with E-state index in [0.717, 1.165) is 63.1 Å². The summed E-state index contributed by atoms with van der Waals surface area (Å²) >= 11 is 0. The van der Waals surface area contributed by atoms with Crippen LogP contribution in [0.3, 0.4) is 0 Å². The molecule has 1 aromatic carbocycles. The molecule has 2 aliphatic rings. The zero-order valence-electron chi connectivity index (χ0n) is 14.0. The van der Waals surface area contributed by atoms with Gasteiger partial charge in [0.05, 0.1) is 5.69 Å². The first-order valence-electron chi connectivity index (χ1n) is 8.55. The molecule has 0 aliphatic carbocycles. The molecule has 2 fully saturated rings. The van der Waals surface area contributed by atoms with Crippen LogP contribution in [0.2, 0.25) is 0 Å². The van der Waals surface area contributed by atoms with Gasteiger partial charge in [-0.05, 0) is 24.3 Å². The van der Waals surface area contributed by atoms with Crippen LogP contribution < -0.4 is 4.90 Å². The number of likely N-dealkylation sites (tertiary alicyclic amines) is 1. The minimum absolute atomic E-state index is 0.172. The maximum absolute atomic E-state index is 13.0. The molecule has 4 rings (SSSR count).